The van der Waals surface area contributed by atoms with Gasteiger partial charge in [-0.2, -0.15) is 0 Å². The molecule has 0 radical (unpaired) electrons. The molecule has 0 spiro atoms. The fourth-order valence-corrected chi connectivity index (χ4v) is 2.37. The number of rotatable bonds is 3. The van der Waals surface area contributed by atoms with Gasteiger partial charge in [-0.1, -0.05) is 12.1 Å². The summed E-state index contributed by atoms with van der Waals surface area (Å²) < 4.78 is 4.67. The summed E-state index contributed by atoms with van der Waals surface area (Å²) in [5.41, 5.74) is 5.87. The standard InChI is InChI=1S/C14H17N3O4/c1-21-13(19)9-5-2-3-6-10(9)16-14(20)17-8-4-7-11(17)12(15)18/h2-3,5-6,11H,4,7-8H2,1H3,(H2,15,18)(H,16,20). The van der Waals surface area contributed by atoms with Crippen molar-refractivity contribution in [2.24, 2.45) is 5.73 Å². The van der Waals surface area contributed by atoms with Crippen molar-refractivity contribution < 1.29 is 19.1 Å². The molecule has 7 nitrogen and oxygen atoms in total. The van der Waals surface area contributed by atoms with E-state index in [1.807, 2.05) is 0 Å². The zero-order valence-electron chi connectivity index (χ0n) is 11.7. The first-order chi connectivity index (χ1) is 10.0. The number of ether oxygens (including phenoxy) is 1. The van der Waals surface area contributed by atoms with Crippen LogP contribution in [0.5, 0.6) is 0 Å². The van der Waals surface area contributed by atoms with Gasteiger partial charge in [0.05, 0.1) is 18.4 Å². The minimum atomic E-state index is -0.602. The molecule has 1 aromatic rings. The lowest BCUT2D eigenvalue weighted by Crippen LogP contribution is -2.45. The van der Waals surface area contributed by atoms with Crippen LogP contribution < -0.4 is 11.1 Å². The molecule has 112 valence electrons. The molecule has 0 aromatic heterocycles. The lowest BCUT2D eigenvalue weighted by Gasteiger charge is -2.23. The molecule has 1 unspecified atom stereocenters. The van der Waals surface area contributed by atoms with Crippen molar-refractivity contribution in [2.45, 2.75) is 18.9 Å². The molecule has 0 saturated carbocycles. The van der Waals surface area contributed by atoms with Gasteiger partial charge in [-0.3, -0.25) is 4.79 Å². The summed E-state index contributed by atoms with van der Waals surface area (Å²) >= 11 is 0. The molecule has 1 aromatic carbocycles. The third kappa shape index (κ3) is 3.13. The Morgan fingerprint density at radius 2 is 2.05 bits per heavy atom. The number of nitrogens with two attached hydrogens (primary N) is 1. The Bertz CT molecular complexity index is 573. The van der Waals surface area contributed by atoms with Crippen molar-refractivity contribution in [3.05, 3.63) is 29.8 Å². The Morgan fingerprint density at radius 3 is 2.71 bits per heavy atom. The second-order valence-electron chi connectivity index (χ2n) is 4.72. The van der Waals surface area contributed by atoms with Crippen LogP contribution in [0, 0.1) is 0 Å². The van der Waals surface area contributed by atoms with Crippen LogP contribution in [0.25, 0.3) is 0 Å². The highest BCUT2D eigenvalue weighted by atomic mass is 16.5. The van der Waals surface area contributed by atoms with E-state index in [9.17, 15) is 14.4 Å². The number of primary amides is 1. The van der Waals surface area contributed by atoms with Gasteiger partial charge in [0.25, 0.3) is 0 Å². The van der Waals surface area contributed by atoms with Crippen molar-refractivity contribution in [1.82, 2.24) is 4.90 Å². The molecule has 21 heavy (non-hydrogen) atoms. The van der Waals surface area contributed by atoms with E-state index in [0.29, 0.717) is 18.7 Å². The summed E-state index contributed by atoms with van der Waals surface area (Å²) in [5.74, 6) is -1.07. The third-order valence-electron chi connectivity index (χ3n) is 3.42. The molecule has 1 aliphatic rings. The number of urea groups is 1. The highest BCUT2D eigenvalue weighted by molar-refractivity contribution is 6.01. The largest absolute Gasteiger partial charge is 0.465 e. The summed E-state index contributed by atoms with van der Waals surface area (Å²) in [7, 11) is 1.27. The number of amides is 3. The Morgan fingerprint density at radius 1 is 1.33 bits per heavy atom. The number of nitrogens with one attached hydrogen (secondary N) is 1. The van der Waals surface area contributed by atoms with Crippen molar-refractivity contribution in [1.29, 1.82) is 0 Å². The van der Waals surface area contributed by atoms with Gasteiger partial charge in [-0.25, -0.2) is 9.59 Å². The van der Waals surface area contributed by atoms with Gasteiger partial charge in [0.15, 0.2) is 0 Å². The van der Waals surface area contributed by atoms with E-state index in [-0.39, 0.29) is 5.56 Å². The number of hydrogen-bond donors (Lipinski definition) is 2. The molecule has 1 fully saturated rings. The molecule has 1 saturated heterocycles. The van der Waals surface area contributed by atoms with Crippen LogP contribution in [0.2, 0.25) is 0 Å². The van der Waals surface area contributed by atoms with Gasteiger partial charge in [0.1, 0.15) is 6.04 Å². The molecule has 0 bridgehead atoms. The van der Waals surface area contributed by atoms with E-state index in [4.69, 9.17) is 5.73 Å². The number of benzene rings is 1. The quantitative estimate of drug-likeness (QED) is 0.809. The predicted octanol–water partition coefficient (Wildman–Crippen LogP) is 0.955. The topological polar surface area (TPSA) is 102 Å². The van der Waals surface area contributed by atoms with Crippen LogP contribution in [-0.2, 0) is 9.53 Å². The molecule has 2 rings (SSSR count). The van der Waals surface area contributed by atoms with Crippen molar-refractivity contribution >= 4 is 23.6 Å². The van der Waals surface area contributed by atoms with Crippen molar-refractivity contribution in [3.8, 4) is 0 Å². The van der Waals surface area contributed by atoms with Crippen molar-refractivity contribution in [2.75, 3.05) is 19.0 Å². The van der Waals surface area contributed by atoms with E-state index in [1.165, 1.54) is 12.0 Å². The van der Waals surface area contributed by atoms with Gasteiger partial charge in [-0.15, -0.1) is 0 Å². The van der Waals surface area contributed by atoms with Crippen LogP contribution in [-0.4, -0.2) is 42.5 Å². The number of hydrogen-bond acceptors (Lipinski definition) is 4. The van der Waals surface area contributed by atoms with E-state index in [2.05, 4.69) is 10.1 Å². The highest BCUT2D eigenvalue weighted by Gasteiger charge is 2.33. The minimum absolute atomic E-state index is 0.253. The zero-order chi connectivity index (χ0) is 15.4. The van der Waals surface area contributed by atoms with E-state index >= 15 is 0 Å². The molecule has 3 N–H and O–H groups in total. The van der Waals surface area contributed by atoms with Crippen LogP contribution in [0.4, 0.5) is 10.5 Å². The normalized spacial score (nSPS) is 17.4. The fraction of sp³-hybridized carbons (Fsp3) is 0.357. The molecule has 1 heterocycles. The molecule has 1 aliphatic heterocycles. The Kier molecular flexibility index (Phi) is 4.42. The first-order valence-electron chi connectivity index (χ1n) is 6.59. The molecule has 1 atom stereocenters. The first kappa shape index (κ1) is 14.8. The van der Waals surface area contributed by atoms with Gasteiger partial charge in [-0.05, 0) is 25.0 Å². The Balaban J connectivity index is 2.17. The number of esters is 1. The monoisotopic (exact) mass is 291 g/mol. The maximum atomic E-state index is 12.2. The summed E-state index contributed by atoms with van der Waals surface area (Å²) in [4.78, 5) is 36.6. The van der Waals surface area contributed by atoms with Crippen LogP contribution in [0.15, 0.2) is 24.3 Å². The molecule has 7 heteroatoms. The fourth-order valence-electron chi connectivity index (χ4n) is 2.37. The van der Waals surface area contributed by atoms with Crippen LogP contribution >= 0.6 is 0 Å². The SMILES string of the molecule is COC(=O)c1ccccc1NC(=O)N1CCCC1C(N)=O. The molecular weight excluding hydrogens is 274 g/mol. The van der Waals surface area contributed by atoms with Gasteiger partial charge in [0, 0.05) is 6.54 Å². The second kappa shape index (κ2) is 6.25. The average Bonchev–Trinajstić information content (AvgIpc) is 2.96. The summed E-state index contributed by atoms with van der Waals surface area (Å²) in [6.45, 7) is 0.458. The number of likely N-dealkylation sites (tertiary alicyclic amines) is 1. The number of para-hydroxylation sites is 1. The van der Waals surface area contributed by atoms with Gasteiger partial charge >= 0.3 is 12.0 Å². The Labute approximate surface area is 122 Å². The zero-order valence-corrected chi connectivity index (χ0v) is 11.7. The number of methoxy groups -OCH3 is 1. The van der Waals surface area contributed by atoms with Crippen LogP contribution in [0.1, 0.15) is 23.2 Å². The van der Waals surface area contributed by atoms with Gasteiger partial charge < -0.3 is 20.7 Å². The van der Waals surface area contributed by atoms with Crippen molar-refractivity contribution in [3.63, 3.8) is 0 Å². The maximum Gasteiger partial charge on any atom is 0.339 e. The minimum Gasteiger partial charge on any atom is -0.465 e. The number of anilines is 1. The van der Waals surface area contributed by atoms with Crippen LogP contribution in [0.3, 0.4) is 0 Å². The molecular formula is C14H17N3O4. The third-order valence-corrected chi connectivity index (χ3v) is 3.42. The predicted molar refractivity (Wildman–Crippen MR) is 75.7 cm³/mol. The summed E-state index contributed by atoms with van der Waals surface area (Å²) in [6.07, 6.45) is 1.28. The maximum absolute atomic E-state index is 12.2. The lowest BCUT2D eigenvalue weighted by molar-refractivity contribution is -0.121. The number of carbonyl (C=O) groups is 3. The second-order valence-corrected chi connectivity index (χ2v) is 4.72. The average molecular weight is 291 g/mol. The number of nitrogens with zero attached hydrogens (tertiary/aromatic N) is 1. The summed E-state index contributed by atoms with van der Waals surface area (Å²) in [6, 6.07) is 5.46. The molecule has 0 aliphatic carbocycles. The smallest absolute Gasteiger partial charge is 0.339 e. The highest BCUT2D eigenvalue weighted by Crippen LogP contribution is 2.21. The van der Waals surface area contributed by atoms with E-state index in [0.717, 1.165) is 6.42 Å². The lowest BCUT2D eigenvalue weighted by atomic mass is 10.2. The van der Waals surface area contributed by atoms with Gasteiger partial charge in [0.2, 0.25) is 5.91 Å². The summed E-state index contributed by atoms with van der Waals surface area (Å²) in [5, 5.41) is 2.63. The first-order valence-corrected chi connectivity index (χ1v) is 6.59. The molecule has 3 amide bonds. The Hall–Kier alpha value is -2.57. The van der Waals surface area contributed by atoms with E-state index < -0.39 is 23.9 Å². The van der Waals surface area contributed by atoms with E-state index in [1.54, 1.807) is 24.3 Å². The number of carbonyl (C=O) groups excluding carboxylic acids is 3.